The molecule has 2 unspecified atom stereocenters. The maximum Gasteiger partial charge on any atom is 0.267 e. The molecule has 2 aliphatic heterocycles. The summed E-state index contributed by atoms with van der Waals surface area (Å²) in [6, 6.07) is 1.95. The van der Waals surface area contributed by atoms with Gasteiger partial charge in [-0.2, -0.15) is 0 Å². The molecule has 132 valence electrons. The van der Waals surface area contributed by atoms with E-state index < -0.39 is 27.8 Å². The van der Waals surface area contributed by atoms with Crippen LogP contribution in [0.15, 0.2) is 39.2 Å². The smallest absolute Gasteiger partial charge is 0.267 e. The van der Waals surface area contributed by atoms with Crippen LogP contribution in [0, 0.1) is 0 Å². The Balaban J connectivity index is 1.70. The average Bonchev–Trinajstić information content (AvgIpc) is 3.21. The Bertz CT molecular complexity index is 886. The summed E-state index contributed by atoms with van der Waals surface area (Å²) < 4.78 is 28.3. The molecule has 0 radical (unpaired) electrons. The second kappa shape index (κ2) is 6.77. The third-order valence-electron chi connectivity index (χ3n) is 3.66. The second-order valence-electron chi connectivity index (χ2n) is 5.52. The van der Waals surface area contributed by atoms with E-state index in [2.05, 4.69) is 5.32 Å². The lowest BCUT2D eigenvalue weighted by molar-refractivity contribution is -0.132. The summed E-state index contributed by atoms with van der Waals surface area (Å²) in [6.07, 6.45) is 4.48. The molecule has 0 bridgehead atoms. The zero-order valence-corrected chi connectivity index (χ0v) is 15.5. The topological polar surface area (TPSA) is 96.7 Å². The molecule has 3 heterocycles. The molecule has 0 aromatic carbocycles. The van der Waals surface area contributed by atoms with E-state index in [-0.39, 0.29) is 16.0 Å². The molecule has 7 nitrogen and oxygen atoms in total. The Hall–Kier alpha value is -1.91. The molecule has 10 heteroatoms. The first-order valence-electron chi connectivity index (χ1n) is 7.29. The van der Waals surface area contributed by atoms with Crippen molar-refractivity contribution in [2.24, 2.45) is 0 Å². The highest BCUT2D eigenvalue weighted by Crippen LogP contribution is 2.34. The van der Waals surface area contributed by atoms with E-state index in [1.807, 2.05) is 0 Å². The lowest BCUT2D eigenvalue weighted by atomic mass is 10.2. The highest BCUT2D eigenvalue weighted by atomic mass is 32.2. The van der Waals surface area contributed by atoms with Crippen molar-refractivity contribution < 1.29 is 22.4 Å². The van der Waals surface area contributed by atoms with Crippen LogP contribution >= 0.6 is 24.0 Å². The van der Waals surface area contributed by atoms with Crippen molar-refractivity contribution in [1.82, 2.24) is 10.2 Å². The number of rotatable bonds is 4. The first kappa shape index (κ1) is 17.9. The number of hydrogen-bond acceptors (Lipinski definition) is 7. The summed E-state index contributed by atoms with van der Waals surface area (Å²) in [7, 11) is -3.27. The van der Waals surface area contributed by atoms with E-state index in [0.717, 1.165) is 17.2 Å². The number of carbonyl (C=O) groups is 2. The van der Waals surface area contributed by atoms with Crippen LogP contribution in [0.4, 0.5) is 0 Å². The van der Waals surface area contributed by atoms with E-state index in [9.17, 15) is 18.0 Å². The largest absolute Gasteiger partial charge is 0.465 e. The SMILES string of the molecule is CC(C(=O)NC1C=CS(=O)(=O)C1)N1C(=O)/C(=C\c2ccco2)SC1=S. The number of nitrogens with one attached hydrogen (secondary N) is 1. The quantitative estimate of drug-likeness (QED) is 0.603. The van der Waals surface area contributed by atoms with Crippen LogP contribution in [0.1, 0.15) is 12.7 Å². The van der Waals surface area contributed by atoms with Gasteiger partial charge >= 0.3 is 0 Å². The molecule has 1 saturated heterocycles. The van der Waals surface area contributed by atoms with Crippen LogP contribution in [0.3, 0.4) is 0 Å². The van der Waals surface area contributed by atoms with Gasteiger partial charge in [-0.15, -0.1) is 0 Å². The fourth-order valence-electron chi connectivity index (χ4n) is 2.40. The highest BCUT2D eigenvalue weighted by Gasteiger charge is 2.39. The number of hydrogen-bond donors (Lipinski definition) is 1. The molecule has 0 aliphatic carbocycles. The van der Waals surface area contributed by atoms with Gasteiger partial charge in [0.2, 0.25) is 5.91 Å². The Morgan fingerprint density at radius 1 is 1.56 bits per heavy atom. The van der Waals surface area contributed by atoms with E-state index in [4.69, 9.17) is 16.6 Å². The first-order chi connectivity index (χ1) is 11.8. The minimum Gasteiger partial charge on any atom is -0.465 e. The fourth-order valence-corrected chi connectivity index (χ4v) is 5.04. The molecule has 1 fully saturated rings. The highest BCUT2D eigenvalue weighted by molar-refractivity contribution is 8.26. The van der Waals surface area contributed by atoms with Gasteiger partial charge in [0.1, 0.15) is 16.1 Å². The number of carbonyl (C=O) groups excluding carboxylic acids is 2. The van der Waals surface area contributed by atoms with Gasteiger partial charge in [-0.1, -0.05) is 24.0 Å². The van der Waals surface area contributed by atoms with Crippen LogP contribution in [0.2, 0.25) is 0 Å². The van der Waals surface area contributed by atoms with Crippen LogP contribution in [0.5, 0.6) is 0 Å². The number of furan rings is 1. The standard InChI is InChI=1S/C15H14N2O5S3/c1-9(13(18)16-10-4-6-25(20,21)8-10)17-14(19)12(24-15(17)23)7-11-3-2-5-22-11/h2-7,9-10H,8H2,1H3,(H,16,18)/b12-7+. The van der Waals surface area contributed by atoms with E-state index in [0.29, 0.717) is 10.7 Å². The molecule has 2 aliphatic rings. The Morgan fingerprint density at radius 3 is 2.92 bits per heavy atom. The zero-order chi connectivity index (χ0) is 18.2. The molecule has 2 atom stereocenters. The van der Waals surface area contributed by atoms with Gasteiger partial charge in [0, 0.05) is 11.5 Å². The van der Waals surface area contributed by atoms with Gasteiger partial charge in [0.25, 0.3) is 5.91 Å². The second-order valence-corrected chi connectivity index (χ2v) is 9.12. The van der Waals surface area contributed by atoms with Crippen LogP contribution in [-0.4, -0.2) is 47.3 Å². The van der Waals surface area contributed by atoms with Gasteiger partial charge in [-0.05, 0) is 25.1 Å². The normalized spacial score (nSPS) is 24.9. The van der Waals surface area contributed by atoms with Gasteiger partial charge in [-0.3, -0.25) is 14.5 Å². The summed E-state index contributed by atoms with van der Waals surface area (Å²) in [4.78, 5) is 26.5. The Morgan fingerprint density at radius 2 is 2.32 bits per heavy atom. The molecular weight excluding hydrogens is 384 g/mol. The summed E-state index contributed by atoms with van der Waals surface area (Å²) in [6.45, 7) is 1.54. The number of thiocarbonyl (C=S) groups is 1. The van der Waals surface area contributed by atoms with Gasteiger partial charge in [-0.25, -0.2) is 8.42 Å². The number of nitrogens with zero attached hydrogens (tertiary/aromatic N) is 1. The van der Waals surface area contributed by atoms with Crippen LogP contribution < -0.4 is 5.32 Å². The lowest BCUT2D eigenvalue weighted by Crippen LogP contribution is -2.49. The fraction of sp³-hybridized carbons (Fsp3) is 0.267. The zero-order valence-electron chi connectivity index (χ0n) is 13.0. The lowest BCUT2D eigenvalue weighted by Gasteiger charge is -2.23. The summed E-state index contributed by atoms with van der Waals surface area (Å²) in [5.41, 5.74) is 0. The van der Waals surface area contributed by atoms with Crippen molar-refractivity contribution in [3.8, 4) is 0 Å². The third-order valence-corrected chi connectivity index (χ3v) is 6.39. The molecule has 0 spiro atoms. The van der Waals surface area contributed by atoms with E-state index >= 15 is 0 Å². The van der Waals surface area contributed by atoms with Gasteiger partial charge < -0.3 is 9.73 Å². The first-order valence-corrected chi connectivity index (χ1v) is 10.2. The monoisotopic (exact) mass is 398 g/mol. The molecular formula is C15H14N2O5S3. The molecule has 25 heavy (non-hydrogen) atoms. The minimum absolute atomic E-state index is 0.178. The van der Waals surface area contributed by atoms with Crippen molar-refractivity contribution in [2.45, 2.75) is 19.0 Å². The molecule has 3 rings (SSSR count). The maximum absolute atomic E-state index is 12.5. The van der Waals surface area contributed by atoms with Crippen molar-refractivity contribution in [3.63, 3.8) is 0 Å². The van der Waals surface area contributed by atoms with Crippen molar-refractivity contribution in [3.05, 3.63) is 40.5 Å². The maximum atomic E-state index is 12.5. The summed E-state index contributed by atoms with van der Waals surface area (Å²) >= 11 is 6.30. The Labute approximate surface area is 154 Å². The Kier molecular flexibility index (Phi) is 4.85. The van der Waals surface area contributed by atoms with Crippen LogP contribution in [-0.2, 0) is 19.4 Å². The number of amides is 2. The summed E-state index contributed by atoms with van der Waals surface area (Å²) in [5, 5.41) is 3.68. The van der Waals surface area contributed by atoms with Crippen molar-refractivity contribution >= 4 is 56.0 Å². The third kappa shape index (κ3) is 3.86. The molecule has 0 saturated carbocycles. The molecule has 1 aromatic heterocycles. The molecule has 1 N–H and O–H groups in total. The van der Waals surface area contributed by atoms with E-state index in [1.165, 1.54) is 17.2 Å². The van der Waals surface area contributed by atoms with Crippen molar-refractivity contribution in [1.29, 1.82) is 0 Å². The van der Waals surface area contributed by atoms with Gasteiger partial charge in [0.05, 0.1) is 23.0 Å². The van der Waals surface area contributed by atoms with Crippen LogP contribution in [0.25, 0.3) is 6.08 Å². The number of sulfone groups is 1. The van der Waals surface area contributed by atoms with E-state index in [1.54, 1.807) is 25.1 Å². The predicted octanol–water partition coefficient (Wildman–Crippen LogP) is 1.30. The predicted molar refractivity (Wildman–Crippen MR) is 98.0 cm³/mol. The minimum atomic E-state index is -3.27. The number of thioether (sulfide) groups is 1. The average molecular weight is 398 g/mol. The molecule has 1 aromatic rings. The van der Waals surface area contributed by atoms with Crippen molar-refractivity contribution in [2.75, 3.05) is 5.75 Å². The molecule has 2 amide bonds. The van der Waals surface area contributed by atoms with Gasteiger partial charge in [0.15, 0.2) is 9.84 Å². The summed E-state index contributed by atoms with van der Waals surface area (Å²) in [5.74, 6) is -0.521.